The van der Waals surface area contributed by atoms with E-state index in [1.54, 1.807) is 6.07 Å². The summed E-state index contributed by atoms with van der Waals surface area (Å²) >= 11 is 0. The number of hydrogen-bond acceptors (Lipinski definition) is 4. The lowest BCUT2D eigenvalue weighted by molar-refractivity contribution is 0.0696. The molecule has 0 amide bonds. The molecule has 5 nitrogen and oxygen atoms in total. The Morgan fingerprint density at radius 2 is 2.29 bits per heavy atom. The number of hydrogen-bond donors (Lipinski definition) is 2. The molecule has 1 aromatic rings. The maximum absolute atomic E-state index is 10.9. The fraction of sp³-hybridized carbons (Fsp3) is 0.417. The van der Waals surface area contributed by atoms with Gasteiger partial charge in [-0.15, -0.1) is 0 Å². The number of carboxylic acids is 1. The van der Waals surface area contributed by atoms with Crippen molar-refractivity contribution in [3.05, 3.63) is 23.8 Å². The lowest BCUT2D eigenvalue weighted by Gasteiger charge is -2.15. The van der Waals surface area contributed by atoms with Gasteiger partial charge >= 0.3 is 5.97 Å². The van der Waals surface area contributed by atoms with Crippen LogP contribution < -0.4 is 14.8 Å². The van der Waals surface area contributed by atoms with Crippen LogP contribution in [0.15, 0.2) is 18.2 Å². The SMILES string of the molecule is COc1ccc(C(=O)O)cc1OC1CCNC1. The Kier molecular flexibility index (Phi) is 3.49. The van der Waals surface area contributed by atoms with E-state index in [4.69, 9.17) is 14.6 Å². The van der Waals surface area contributed by atoms with Crippen molar-refractivity contribution < 1.29 is 19.4 Å². The molecule has 1 unspecified atom stereocenters. The van der Waals surface area contributed by atoms with Crippen molar-refractivity contribution in [3.8, 4) is 11.5 Å². The third kappa shape index (κ3) is 2.68. The second-order valence-corrected chi connectivity index (χ2v) is 3.90. The Balaban J connectivity index is 2.21. The van der Waals surface area contributed by atoms with Gasteiger partial charge in [0.1, 0.15) is 6.10 Å². The Morgan fingerprint density at radius 1 is 1.47 bits per heavy atom. The average molecular weight is 237 g/mol. The monoisotopic (exact) mass is 237 g/mol. The molecule has 0 spiro atoms. The molecular weight excluding hydrogens is 222 g/mol. The third-order valence-corrected chi connectivity index (χ3v) is 2.72. The highest BCUT2D eigenvalue weighted by Gasteiger charge is 2.18. The van der Waals surface area contributed by atoms with E-state index >= 15 is 0 Å². The first-order chi connectivity index (χ1) is 8.20. The molecule has 1 aromatic carbocycles. The van der Waals surface area contributed by atoms with Crippen LogP contribution in [0.3, 0.4) is 0 Å². The van der Waals surface area contributed by atoms with Gasteiger partial charge in [-0.2, -0.15) is 0 Å². The lowest BCUT2D eigenvalue weighted by Crippen LogP contribution is -2.20. The highest BCUT2D eigenvalue weighted by molar-refractivity contribution is 5.88. The van der Waals surface area contributed by atoms with Crippen LogP contribution >= 0.6 is 0 Å². The molecule has 92 valence electrons. The summed E-state index contributed by atoms with van der Waals surface area (Å²) < 4.78 is 10.9. The number of rotatable bonds is 4. The van der Waals surface area contributed by atoms with Gasteiger partial charge in [0.2, 0.25) is 0 Å². The Labute approximate surface area is 99.3 Å². The van der Waals surface area contributed by atoms with Gasteiger partial charge in [0.15, 0.2) is 11.5 Å². The van der Waals surface area contributed by atoms with E-state index in [0.717, 1.165) is 19.5 Å². The van der Waals surface area contributed by atoms with Crippen LogP contribution in [0.1, 0.15) is 16.8 Å². The van der Waals surface area contributed by atoms with Crippen LogP contribution in [0.2, 0.25) is 0 Å². The van der Waals surface area contributed by atoms with Crippen LogP contribution in [0.5, 0.6) is 11.5 Å². The minimum atomic E-state index is -0.970. The topological polar surface area (TPSA) is 67.8 Å². The molecule has 1 atom stereocenters. The zero-order valence-electron chi connectivity index (χ0n) is 9.60. The van der Waals surface area contributed by atoms with Crippen molar-refractivity contribution in [2.45, 2.75) is 12.5 Å². The van der Waals surface area contributed by atoms with Crippen molar-refractivity contribution in [1.29, 1.82) is 0 Å². The third-order valence-electron chi connectivity index (χ3n) is 2.72. The first-order valence-electron chi connectivity index (χ1n) is 5.49. The second-order valence-electron chi connectivity index (χ2n) is 3.90. The predicted molar refractivity (Wildman–Crippen MR) is 61.9 cm³/mol. The molecule has 0 radical (unpaired) electrons. The van der Waals surface area contributed by atoms with Gasteiger partial charge in [-0.3, -0.25) is 0 Å². The minimum absolute atomic E-state index is 0.0768. The number of aromatic carboxylic acids is 1. The molecule has 5 heteroatoms. The molecule has 1 aliphatic rings. The molecule has 0 bridgehead atoms. The summed E-state index contributed by atoms with van der Waals surface area (Å²) in [6, 6.07) is 4.61. The molecule has 1 heterocycles. The molecule has 2 N–H and O–H groups in total. The number of carbonyl (C=O) groups is 1. The van der Waals surface area contributed by atoms with Crippen LogP contribution in [-0.4, -0.2) is 37.4 Å². The van der Waals surface area contributed by atoms with Gasteiger partial charge in [-0.25, -0.2) is 4.79 Å². The van der Waals surface area contributed by atoms with E-state index in [-0.39, 0.29) is 11.7 Å². The maximum Gasteiger partial charge on any atom is 0.335 e. The van der Waals surface area contributed by atoms with Crippen molar-refractivity contribution in [3.63, 3.8) is 0 Å². The molecule has 0 saturated carbocycles. The Bertz CT molecular complexity index is 413. The molecule has 1 saturated heterocycles. The zero-order valence-corrected chi connectivity index (χ0v) is 9.60. The van der Waals surface area contributed by atoms with Crippen LogP contribution in [-0.2, 0) is 0 Å². The molecule has 1 aliphatic heterocycles. The van der Waals surface area contributed by atoms with Crippen LogP contribution in [0.4, 0.5) is 0 Å². The van der Waals surface area contributed by atoms with Gasteiger partial charge in [-0.1, -0.05) is 0 Å². The Morgan fingerprint density at radius 3 is 2.88 bits per heavy atom. The van der Waals surface area contributed by atoms with E-state index in [9.17, 15) is 4.79 Å². The van der Waals surface area contributed by atoms with E-state index in [1.807, 2.05) is 0 Å². The highest BCUT2D eigenvalue weighted by atomic mass is 16.5. The minimum Gasteiger partial charge on any atom is -0.493 e. The van der Waals surface area contributed by atoms with E-state index in [0.29, 0.717) is 11.5 Å². The Hall–Kier alpha value is -1.75. The van der Waals surface area contributed by atoms with Crippen LogP contribution in [0, 0.1) is 0 Å². The molecule has 17 heavy (non-hydrogen) atoms. The van der Waals surface area contributed by atoms with Crippen molar-refractivity contribution in [2.75, 3.05) is 20.2 Å². The summed E-state index contributed by atoms with van der Waals surface area (Å²) in [5, 5.41) is 12.1. The normalized spacial score (nSPS) is 19.0. The average Bonchev–Trinajstić information content (AvgIpc) is 2.81. The lowest BCUT2D eigenvalue weighted by atomic mass is 10.2. The molecule has 0 aliphatic carbocycles. The highest BCUT2D eigenvalue weighted by Crippen LogP contribution is 2.29. The zero-order chi connectivity index (χ0) is 12.3. The van der Waals surface area contributed by atoms with E-state index in [1.165, 1.54) is 19.2 Å². The smallest absolute Gasteiger partial charge is 0.335 e. The van der Waals surface area contributed by atoms with E-state index in [2.05, 4.69) is 5.32 Å². The van der Waals surface area contributed by atoms with E-state index < -0.39 is 5.97 Å². The number of ether oxygens (including phenoxy) is 2. The van der Waals surface area contributed by atoms with Gasteiger partial charge in [-0.05, 0) is 31.2 Å². The summed E-state index contributed by atoms with van der Waals surface area (Å²) in [7, 11) is 1.54. The fourth-order valence-corrected chi connectivity index (χ4v) is 1.81. The number of benzene rings is 1. The molecule has 1 fully saturated rings. The molecule has 2 rings (SSSR count). The van der Waals surface area contributed by atoms with Crippen molar-refractivity contribution >= 4 is 5.97 Å². The first-order valence-corrected chi connectivity index (χ1v) is 5.49. The first kappa shape index (κ1) is 11.7. The summed E-state index contributed by atoms with van der Waals surface area (Å²) in [5.41, 5.74) is 0.201. The fourth-order valence-electron chi connectivity index (χ4n) is 1.81. The predicted octanol–water partition coefficient (Wildman–Crippen LogP) is 1.13. The molecular formula is C12H15NO4. The standard InChI is InChI=1S/C12H15NO4/c1-16-10-3-2-8(12(14)15)6-11(10)17-9-4-5-13-7-9/h2-3,6,9,13H,4-5,7H2,1H3,(H,14,15). The quantitative estimate of drug-likeness (QED) is 0.821. The maximum atomic E-state index is 10.9. The molecule has 0 aromatic heterocycles. The largest absolute Gasteiger partial charge is 0.493 e. The van der Waals surface area contributed by atoms with Gasteiger partial charge in [0.05, 0.1) is 12.7 Å². The number of nitrogens with one attached hydrogen (secondary N) is 1. The van der Waals surface area contributed by atoms with Gasteiger partial charge in [0.25, 0.3) is 0 Å². The van der Waals surface area contributed by atoms with Gasteiger partial charge < -0.3 is 19.9 Å². The summed E-state index contributed by atoms with van der Waals surface area (Å²) in [6.45, 7) is 1.70. The van der Waals surface area contributed by atoms with Crippen LogP contribution in [0.25, 0.3) is 0 Å². The summed E-state index contributed by atoms with van der Waals surface area (Å²) in [5.74, 6) is 0.0741. The number of methoxy groups -OCH3 is 1. The number of carboxylic acid groups (broad SMARTS) is 1. The van der Waals surface area contributed by atoms with Crippen molar-refractivity contribution in [1.82, 2.24) is 5.32 Å². The van der Waals surface area contributed by atoms with Crippen molar-refractivity contribution in [2.24, 2.45) is 0 Å². The second kappa shape index (κ2) is 5.05. The summed E-state index contributed by atoms with van der Waals surface area (Å²) in [4.78, 5) is 10.9. The van der Waals surface area contributed by atoms with Gasteiger partial charge in [0, 0.05) is 6.54 Å². The summed E-state index contributed by atoms with van der Waals surface area (Å²) in [6.07, 6.45) is 0.994.